The lowest BCUT2D eigenvalue weighted by molar-refractivity contribution is 0.624. The molecule has 2 N–H and O–H groups in total. The summed E-state index contributed by atoms with van der Waals surface area (Å²) in [4.78, 5) is 0. The van der Waals surface area contributed by atoms with Gasteiger partial charge in [0, 0.05) is 0 Å². The van der Waals surface area contributed by atoms with Crippen LogP contribution in [0.3, 0.4) is 0 Å². The van der Waals surface area contributed by atoms with Gasteiger partial charge in [0.2, 0.25) is 0 Å². The highest BCUT2D eigenvalue weighted by Gasteiger charge is 2.13. The molecule has 18 heavy (non-hydrogen) atoms. The minimum absolute atomic E-state index is 0.266. The number of benzene rings is 2. The van der Waals surface area contributed by atoms with Gasteiger partial charge in [-0.25, -0.2) is 4.39 Å². The van der Waals surface area contributed by atoms with Crippen LogP contribution >= 0.6 is 23.2 Å². The fourth-order valence-corrected chi connectivity index (χ4v) is 2.18. The van der Waals surface area contributed by atoms with E-state index in [-0.39, 0.29) is 11.9 Å². The zero-order valence-electron chi connectivity index (χ0n) is 9.75. The number of hydrogen-bond donors (Lipinski definition) is 1. The van der Waals surface area contributed by atoms with Crippen LogP contribution in [0.25, 0.3) is 0 Å². The number of aryl methyl sites for hydroxylation is 1. The molecule has 2 aromatic rings. The predicted molar refractivity (Wildman–Crippen MR) is 73.6 cm³/mol. The number of hydrogen-bond acceptors (Lipinski definition) is 1. The van der Waals surface area contributed by atoms with Gasteiger partial charge in [-0.3, -0.25) is 0 Å². The molecule has 4 heteroatoms. The molecule has 2 rings (SSSR count). The van der Waals surface area contributed by atoms with Crippen molar-refractivity contribution in [3.63, 3.8) is 0 Å². The molecule has 94 valence electrons. The van der Waals surface area contributed by atoms with Crippen LogP contribution in [0, 0.1) is 12.7 Å². The van der Waals surface area contributed by atoms with Crippen molar-refractivity contribution in [3.05, 3.63) is 69.0 Å². The minimum Gasteiger partial charge on any atom is -0.320 e. The molecule has 2 aromatic carbocycles. The summed E-state index contributed by atoms with van der Waals surface area (Å²) < 4.78 is 13.1. The van der Waals surface area contributed by atoms with Crippen molar-refractivity contribution in [3.8, 4) is 0 Å². The van der Waals surface area contributed by atoms with Gasteiger partial charge in [0.1, 0.15) is 5.82 Å². The van der Waals surface area contributed by atoms with E-state index in [1.165, 1.54) is 12.1 Å². The van der Waals surface area contributed by atoms with Gasteiger partial charge in [-0.2, -0.15) is 0 Å². The van der Waals surface area contributed by atoms with Crippen molar-refractivity contribution in [1.82, 2.24) is 0 Å². The zero-order chi connectivity index (χ0) is 13.3. The summed E-state index contributed by atoms with van der Waals surface area (Å²) >= 11 is 11.8. The molecule has 0 amide bonds. The first-order valence-electron chi connectivity index (χ1n) is 5.45. The van der Waals surface area contributed by atoms with Crippen LogP contribution in [0.5, 0.6) is 0 Å². The first-order valence-corrected chi connectivity index (χ1v) is 6.21. The molecule has 1 unspecified atom stereocenters. The Bertz CT molecular complexity index is 584. The molecular weight excluding hydrogens is 272 g/mol. The van der Waals surface area contributed by atoms with E-state index < -0.39 is 0 Å². The van der Waals surface area contributed by atoms with Crippen LogP contribution in [0.15, 0.2) is 36.4 Å². The average molecular weight is 284 g/mol. The molecule has 0 radical (unpaired) electrons. The average Bonchev–Trinajstić information content (AvgIpc) is 2.32. The smallest absolute Gasteiger partial charge is 0.123 e. The molecule has 0 aliphatic rings. The maximum absolute atomic E-state index is 13.1. The van der Waals surface area contributed by atoms with E-state index in [1.807, 2.05) is 13.0 Å². The van der Waals surface area contributed by atoms with Crippen LogP contribution in [-0.4, -0.2) is 0 Å². The number of rotatable bonds is 2. The Labute approximate surface area is 115 Å². The second kappa shape index (κ2) is 5.27. The van der Waals surface area contributed by atoms with E-state index in [2.05, 4.69) is 0 Å². The summed E-state index contributed by atoms with van der Waals surface area (Å²) in [6.07, 6.45) is 0. The largest absolute Gasteiger partial charge is 0.320 e. The van der Waals surface area contributed by atoms with E-state index in [4.69, 9.17) is 28.9 Å². The summed E-state index contributed by atoms with van der Waals surface area (Å²) in [7, 11) is 0. The van der Waals surface area contributed by atoms with E-state index >= 15 is 0 Å². The molecule has 0 saturated heterocycles. The maximum atomic E-state index is 13.1. The van der Waals surface area contributed by atoms with Gasteiger partial charge in [0.25, 0.3) is 0 Å². The molecule has 0 spiro atoms. The minimum atomic E-state index is -0.347. The van der Waals surface area contributed by atoms with Gasteiger partial charge in [0.05, 0.1) is 16.1 Å². The standard InChI is InChI=1S/C14H12Cl2FN/c1-8-6-10(17)3-4-11(8)14(18)9-2-5-12(15)13(16)7-9/h2-7,14H,18H2,1H3. The summed E-state index contributed by atoms with van der Waals surface area (Å²) in [6, 6.07) is 9.47. The molecule has 0 saturated carbocycles. The lowest BCUT2D eigenvalue weighted by atomic mass is 9.96. The summed E-state index contributed by atoms with van der Waals surface area (Å²) in [5.74, 6) is -0.266. The van der Waals surface area contributed by atoms with Crippen molar-refractivity contribution < 1.29 is 4.39 Å². The third-order valence-corrected chi connectivity index (χ3v) is 3.61. The summed E-state index contributed by atoms with van der Waals surface area (Å²) in [6.45, 7) is 1.83. The SMILES string of the molecule is Cc1cc(F)ccc1C(N)c1ccc(Cl)c(Cl)c1. The summed E-state index contributed by atoms with van der Waals surface area (Å²) in [5, 5.41) is 0.952. The normalized spacial score (nSPS) is 12.5. The van der Waals surface area contributed by atoms with Gasteiger partial charge < -0.3 is 5.73 Å². The predicted octanol–water partition coefficient (Wildman–Crippen LogP) is 4.49. The van der Waals surface area contributed by atoms with E-state index in [1.54, 1.807) is 18.2 Å². The van der Waals surface area contributed by atoms with Crippen LogP contribution in [0.1, 0.15) is 22.7 Å². The van der Waals surface area contributed by atoms with E-state index in [9.17, 15) is 4.39 Å². The topological polar surface area (TPSA) is 26.0 Å². The molecule has 0 heterocycles. The Balaban J connectivity index is 2.41. The van der Waals surface area contributed by atoms with Gasteiger partial charge in [0.15, 0.2) is 0 Å². The number of nitrogens with two attached hydrogens (primary N) is 1. The molecule has 0 aliphatic carbocycles. The second-order valence-corrected chi connectivity index (χ2v) is 4.97. The van der Waals surface area contributed by atoms with Crippen LogP contribution in [0.4, 0.5) is 4.39 Å². The Kier molecular flexibility index (Phi) is 3.91. The van der Waals surface area contributed by atoms with Gasteiger partial charge in [-0.05, 0) is 47.9 Å². The van der Waals surface area contributed by atoms with Crippen LogP contribution in [-0.2, 0) is 0 Å². The van der Waals surface area contributed by atoms with Gasteiger partial charge in [-0.1, -0.05) is 35.3 Å². The highest BCUT2D eigenvalue weighted by atomic mass is 35.5. The third-order valence-electron chi connectivity index (χ3n) is 2.87. The van der Waals surface area contributed by atoms with Crippen molar-refractivity contribution in [2.24, 2.45) is 5.73 Å². The monoisotopic (exact) mass is 283 g/mol. The fraction of sp³-hybridized carbons (Fsp3) is 0.143. The zero-order valence-corrected chi connectivity index (χ0v) is 11.3. The van der Waals surface area contributed by atoms with Crippen molar-refractivity contribution >= 4 is 23.2 Å². The van der Waals surface area contributed by atoms with Crippen LogP contribution in [0.2, 0.25) is 10.0 Å². The summed E-state index contributed by atoms with van der Waals surface area (Å²) in [5.41, 5.74) is 8.69. The van der Waals surface area contributed by atoms with Crippen molar-refractivity contribution in [1.29, 1.82) is 0 Å². The Morgan fingerprint density at radius 3 is 2.39 bits per heavy atom. The van der Waals surface area contributed by atoms with Crippen molar-refractivity contribution in [2.45, 2.75) is 13.0 Å². The molecule has 1 atom stereocenters. The fourth-order valence-electron chi connectivity index (χ4n) is 1.87. The van der Waals surface area contributed by atoms with Crippen LogP contribution < -0.4 is 5.73 Å². The first kappa shape index (κ1) is 13.3. The first-order chi connectivity index (χ1) is 8.49. The molecule has 1 nitrogen and oxygen atoms in total. The van der Waals surface area contributed by atoms with E-state index in [0.717, 1.165) is 16.7 Å². The lowest BCUT2D eigenvalue weighted by Gasteiger charge is -2.16. The highest BCUT2D eigenvalue weighted by Crippen LogP contribution is 2.29. The highest BCUT2D eigenvalue weighted by molar-refractivity contribution is 6.42. The molecule has 0 aromatic heterocycles. The third kappa shape index (κ3) is 2.66. The quantitative estimate of drug-likeness (QED) is 0.864. The van der Waals surface area contributed by atoms with Gasteiger partial charge >= 0.3 is 0 Å². The Morgan fingerprint density at radius 2 is 1.78 bits per heavy atom. The maximum Gasteiger partial charge on any atom is 0.123 e. The molecule has 0 fully saturated rings. The molecular formula is C14H12Cl2FN. The van der Waals surface area contributed by atoms with Crippen molar-refractivity contribution in [2.75, 3.05) is 0 Å². The lowest BCUT2D eigenvalue weighted by Crippen LogP contribution is -2.13. The van der Waals surface area contributed by atoms with E-state index in [0.29, 0.717) is 10.0 Å². The Morgan fingerprint density at radius 1 is 1.06 bits per heavy atom. The van der Waals surface area contributed by atoms with Gasteiger partial charge in [-0.15, -0.1) is 0 Å². The second-order valence-electron chi connectivity index (χ2n) is 4.15. The molecule has 0 aliphatic heterocycles. The number of halogens is 3. The molecule has 0 bridgehead atoms. The Hall–Kier alpha value is -1.09.